The van der Waals surface area contributed by atoms with Gasteiger partial charge in [-0.25, -0.2) is 4.68 Å². The molecule has 1 aliphatic carbocycles. The zero-order valence-electron chi connectivity index (χ0n) is 7.00. The van der Waals surface area contributed by atoms with Crippen molar-refractivity contribution in [3.63, 3.8) is 0 Å². The minimum atomic E-state index is 0.479. The first-order chi connectivity index (χ1) is 5.68. The Bertz CT molecular complexity index is 288. The van der Waals surface area contributed by atoms with Crippen molar-refractivity contribution in [3.05, 3.63) is 11.2 Å². The predicted molar refractivity (Wildman–Crippen MR) is 49.1 cm³/mol. The Kier molecular flexibility index (Phi) is 1.76. The summed E-state index contributed by atoms with van der Waals surface area (Å²) in [4.78, 5) is 0. The summed E-state index contributed by atoms with van der Waals surface area (Å²) in [5.74, 6) is 1.41. The molecule has 1 aromatic rings. The number of aromatic nitrogens is 2. The lowest BCUT2D eigenvalue weighted by Gasteiger charge is -2.33. The highest BCUT2D eigenvalue weighted by atomic mass is 35.5. The Morgan fingerprint density at radius 3 is 2.75 bits per heavy atom. The summed E-state index contributed by atoms with van der Waals surface area (Å²) in [7, 11) is 0. The molecule has 2 N–H and O–H groups in total. The molecule has 0 atom stereocenters. The zero-order chi connectivity index (χ0) is 8.72. The zero-order valence-corrected chi connectivity index (χ0v) is 7.75. The Morgan fingerprint density at radius 2 is 2.33 bits per heavy atom. The normalized spacial score (nSPS) is 28.5. The average molecular weight is 186 g/mol. The third kappa shape index (κ3) is 1.08. The Labute approximate surface area is 76.5 Å². The number of nitrogens with zero attached hydrogens (tertiary/aromatic N) is 2. The van der Waals surface area contributed by atoms with Gasteiger partial charge in [0.1, 0.15) is 10.8 Å². The van der Waals surface area contributed by atoms with Crippen LogP contribution in [0.15, 0.2) is 6.20 Å². The van der Waals surface area contributed by atoms with Crippen LogP contribution in [0.5, 0.6) is 0 Å². The number of hydrogen-bond donors (Lipinski definition) is 1. The highest BCUT2D eigenvalue weighted by Gasteiger charge is 2.28. The highest BCUT2D eigenvalue weighted by Crippen LogP contribution is 2.39. The van der Waals surface area contributed by atoms with Crippen LogP contribution < -0.4 is 5.73 Å². The van der Waals surface area contributed by atoms with Crippen LogP contribution in [-0.4, -0.2) is 9.78 Å². The lowest BCUT2D eigenvalue weighted by molar-refractivity contribution is 0.203. The molecule has 3 nitrogen and oxygen atoms in total. The minimum absolute atomic E-state index is 0.479. The van der Waals surface area contributed by atoms with Gasteiger partial charge in [0, 0.05) is 0 Å². The first-order valence-corrected chi connectivity index (χ1v) is 4.54. The molecule has 1 heterocycles. The van der Waals surface area contributed by atoms with Crippen LogP contribution in [0.4, 0.5) is 5.82 Å². The molecule has 12 heavy (non-hydrogen) atoms. The second kappa shape index (κ2) is 2.66. The van der Waals surface area contributed by atoms with Gasteiger partial charge in [0.25, 0.3) is 0 Å². The van der Waals surface area contributed by atoms with Crippen molar-refractivity contribution in [2.45, 2.75) is 25.8 Å². The van der Waals surface area contributed by atoms with E-state index in [2.05, 4.69) is 12.0 Å². The molecule has 0 amide bonds. The van der Waals surface area contributed by atoms with E-state index in [0.717, 1.165) is 5.92 Å². The van der Waals surface area contributed by atoms with Crippen molar-refractivity contribution < 1.29 is 0 Å². The smallest absolute Gasteiger partial charge is 0.140 e. The van der Waals surface area contributed by atoms with E-state index in [1.165, 1.54) is 12.8 Å². The highest BCUT2D eigenvalue weighted by molar-refractivity contribution is 6.32. The first-order valence-electron chi connectivity index (χ1n) is 4.17. The second-order valence-electron chi connectivity index (χ2n) is 3.55. The van der Waals surface area contributed by atoms with Gasteiger partial charge in [-0.05, 0) is 18.8 Å². The summed E-state index contributed by atoms with van der Waals surface area (Å²) in [5, 5.41) is 4.70. The SMILES string of the molecule is CC1CC(n2ncc(Cl)c2N)C1. The number of anilines is 1. The molecule has 1 aliphatic rings. The molecule has 0 unspecified atom stereocenters. The average Bonchev–Trinajstić information content (AvgIpc) is 2.28. The van der Waals surface area contributed by atoms with Crippen LogP contribution in [-0.2, 0) is 0 Å². The van der Waals surface area contributed by atoms with Crippen LogP contribution in [0.2, 0.25) is 5.02 Å². The summed E-state index contributed by atoms with van der Waals surface area (Å²) in [5.41, 5.74) is 5.73. The summed E-state index contributed by atoms with van der Waals surface area (Å²) in [6, 6.07) is 0.479. The van der Waals surface area contributed by atoms with Gasteiger partial charge < -0.3 is 5.73 Å². The molecule has 1 aromatic heterocycles. The van der Waals surface area contributed by atoms with Crippen LogP contribution in [0.3, 0.4) is 0 Å². The molecule has 0 aliphatic heterocycles. The molecular formula is C8H12ClN3. The van der Waals surface area contributed by atoms with Gasteiger partial charge >= 0.3 is 0 Å². The van der Waals surface area contributed by atoms with Crippen molar-refractivity contribution in [1.29, 1.82) is 0 Å². The minimum Gasteiger partial charge on any atom is -0.383 e. The van der Waals surface area contributed by atoms with Crippen molar-refractivity contribution in [2.75, 3.05) is 5.73 Å². The fourth-order valence-electron chi connectivity index (χ4n) is 1.70. The maximum Gasteiger partial charge on any atom is 0.140 e. The summed E-state index contributed by atoms with van der Waals surface area (Å²) in [6.07, 6.45) is 3.95. The van der Waals surface area contributed by atoms with E-state index in [9.17, 15) is 0 Å². The fourth-order valence-corrected chi connectivity index (χ4v) is 1.83. The van der Waals surface area contributed by atoms with Crippen molar-refractivity contribution in [3.8, 4) is 0 Å². The molecule has 4 heteroatoms. The second-order valence-corrected chi connectivity index (χ2v) is 3.96. The van der Waals surface area contributed by atoms with E-state index in [0.29, 0.717) is 16.9 Å². The topological polar surface area (TPSA) is 43.8 Å². The summed E-state index contributed by atoms with van der Waals surface area (Å²) >= 11 is 5.78. The summed E-state index contributed by atoms with van der Waals surface area (Å²) < 4.78 is 1.84. The van der Waals surface area contributed by atoms with Gasteiger partial charge in [0.15, 0.2) is 0 Å². The van der Waals surface area contributed by atoms with E-state index in [-0.39, 0.29) is 0 Å². The Morgan fingerprint density at radius 1 is 1.67 bits per heavy atom. The molecule has 0 aromatic carbocycles. The standard InChI is InChI=1S/C8H12ClN3/c1-5-2-6(3-5)12-8(10)7(9)4-11-12/h4-6H,2-3,10H2,1H3. The lowest BCUT2D eigenvalue weighted by Crippen LogP contribution is -2.26. The fraction of sp³-hybridized carbons (Fsp3) is 0.625. The quantitative estimate of drug-likeness (QED) is 0.728. The number of nitrogens with two attached hydrogens (primary N) is 1. The van der Waals surface area contributed by atoms with Crippen LogP contribution in [0.25, 0.3) is 0 Å². The predicted octanol–water partition coefficient (Wildman–Crippen LogP) is 2.09. The molecule has 0 saturated heterocycles. The van der Waals surface area contributed by atoms with Crippen molar-refractivity contribution >= 4 is 17.4 Å². The number of halogens is 1. The molecule has 0 spiro atoms. The van der Waals surface area contributed by atoms with Gasteiger partial charge in [-0.15, -0.1) is 0 Å². The first kappa shape index (κ1) is 7.92. The van der Waals surface area contributed by atoms with Gasteiger partial charge in [0.2, 0.25) is 0 Å². The Balaban J connectivity index is 2.18. The lowest BCUT2D eigenvalue weighted by atomic mass is 9.82. The van der Waals surface area contributed by atoms with Gasteiger partial charge in [-0.3, -0.25) is 0 Å². The van der Waals surface area contributed by atoms with Gasteiger partial charge in [0.05, 0.1) is 12.2 Å². The van der Waals surface area contributed by atoms with Crippen molar-refractivity contribution in [1.82, 2.24) is 9.78 Å². The number of hydrogen-bond acceptors (Lipinski definition) is 2. The van der Waals surface area contributed by atoms with Crippen LogP contribution in [0, 0.1) is 5.92 Å². The molecule has 0 radical (unpaired) electrons. The molecule has 2 rings (SSSR count). The van der Waals surface area contributed by atoms with Crippen LogP contribution >= 0.6 is 11.6 Å². The maximum absolute atomic E-state index is 5.78. The van der Waals surface area contributed by atoms with Gasteiger partial charge in [-0.2, -0.15) is 5.10 Å². The largest absolute Gasteiger partial charge is 0.383 e. The monoisotopic (exact) mass is 185 g/mol. The third-order valence-corrected chi connectivity index (χ3v) is 2.77. The van der Waals surface area contributed by atoms with Gasteiger partial charge in [-0.1, -0.05) is 18.5 Å². The molecule has 1 fully saturated rings. The number of rotatable bonds is 1. The Hall–Kier alpha value is -0.700. The van der Waals surface area contributed by atoms with Crippen LogP contribution in [0.1, 0.15) is 25.8 Å². The van der Waals surface area contributed by atoms with E-state index in [1.807, 2.05) is 4.68 Å². The van der Waals surface area contributed by atoms with E-state index in [4.69, 9.17) is 17.3 Å². The van der Waals surface area contributed by atoms with E-state index < -0.39 is 0 Å². The molecular weight excluding hydrogens is 174 g/mol. The third-order valence-electron chi connectivity index (χ3n) is 2.48. The van der Waals surface area contributed by atoms with E-state index >= 15 is 0 Å². The maximum atomic E-state index is 5.78. The summed E-state index contributed by atoms with van der Waals surface area (Å²) in [6.45, 7) is 2.23. The molecule has 0 bridgehead atoms. The van der Waals surface area contributed by atoms with E-state index in [1.54, 1.807) is 6.20 Å². The molecule has 66 valence electrons. The van der Waals surface area contributed by atoms with Crippen molar-refractivity contribution in [2.24, 2.45) is 5.92 Å². The molecule has 1 saturated carbocycles. The number of nitrogen functional groups attached to an aromatic ring is 1.